The summed E-state index contributed by atoms with van der Waals surface area (Å²) in [4.78, 5) is 2.52. The number of piperazine rings is 1. The van der Waals surface area contributed by atoms with Crippen molar-refractivity contribution in [3.63, 3.8) is 0 Å². The molecule has 1 aliphatic heterocycles. The van der Waals surface area contributed by atoms with Crippen LogP contribution in [0.4, 0.5) is 5.69 Å². The zero-order valence-electron chi connectivity index (χ0n) is 13.3. The molecule has 0 radical (unpaired) electrons. The lowest BCUT2D eigenvalue weighted by molar-refractivity contribution is 0.276. The van der Waals surface area contributed by atoms with Gasteiger partial charge in [-0.05, 0) is 31.9 Å². The molecule has 1 aliphatic carbocycles. The molecular formula is C17H26N2O2. The van der Waals surface area contributed by atoms with E-state index in [1.807, 2.05) is 6.07 Å². The maximum Gasteiger partial charge on any atom is 0.162 e. The Bertz CT molecular complexity index is 498. The second kappa shape index (κ2) is 5.76. The number of methoxy groups -OCH3 is 2. The summed E-state index contributed by atoms with van der Waals surface area (Å²) in [5.41, 5.74) is 1.55. The van der Waals surface area contributed by atoms with Crippen LogP contribution < -0.4 is 19.7 Å². The summed E-state index contributed by atoms with van der Waals surface area (Å²) in [5.74, 6) is 1.60. The average Bonchev–Trinajstić information content (AvgIpc) is 2.97. The van der Waals surface area contributed by atoms with Crippen molar-refractivity contribution in [3.8, 4) is 11.5 Å². The highest BCUT2D eigenvalue weighted by atomic mass is 16.5. The number of nitrogens with zero attached hydrogens (tertiary/aromatic N) is 1. The molecule has 1 spiro atoms. The van der Waals surface area contributed by atoms with Crippen LogP contribution in [0.5, 0.6) is 11.5 Å². The van der Waals surface area contributed by atoms with E-state index in [2.05, 4.69) is 29.3 Å². The first-order valence-corrected chi connectivity index (χ1v) is 7.91. The van der Waals surface area contributed by atoms with E-state index < -0.39 is 0 Å². The first-order chi connectivity index (χ1) is 10.2. The Labute approximate surface area is 127 Å². The second-order valence-corrected chi connectivity index (χ2v) is 6.38. The molecule has 1 N–H and O–H groups in total. The zero-order chi connectivity index (χ0) is 14.9. The Balaban J connectivity index is 1.87. The number of rotatable bonds is 3. The quantitative estimate of drug-likeness (QED) is 0.928. The van der Waals surface area contributed by atoms with Crippen molar-refractivity contribution < 1.29 is 9.47 Å². The van der Waals surface area contributed by atoms with Crippen LogP contribution in [0, 0.1) is 0 Å². The van der Waals surface area contributed by atoms with Gasteiger partial charge in [0.25, 0.3) is 0 Å². The number of ether oxygens (including phenoxy) is 2. The van der Waals surface area contributed by atoms with Crippen molar-refractivity contribution in [2.45, 2.75) is 44.2 Å². The molecule has 21 heavy (non-hydrogen) atoms. The van der Waals surface area contributed by atoms with Crippen LogP contribution in [0.3, 0.4) is 0 Å². The smallest absolute Gasteiger partial charge is 0.162 e. The van der Waals surface area contributed by atoms with Crippen LogP contribution in [-0.2, 0) is 0 Å². The SMILES string of the molecule is COc1ccc(N2CC3(CCCC3)NCC2C)cc1OC. The maximum atomic E-state index is 5.45. The van der Waals surface area contributed by atoms with Gasteiger partial charge in [0, 0.05) is 36.4 Å². The van der Waals surface area contributed by atoms with Crippen LogP contribution in [0.1, 0.15) is 32.6 Å². The van der Waals surface area contributed by atoms with Gasteiger partial charge in [0.15, 0.2) is 11.5 Å². The van der Waals surface area contributed by atoms with E-state index >= 15 is 0 Å². The summed E-state index contributed by atoms with van der Waals surface area (Å²) in [6.07, 6.45) is 5.29. The third kappa shape index (κ3) is 2.69. The molecule has 1 saturated heterocycles. The van der Waals surface area contributed by atoms with Gasteiger partial charge in [0.05, 0.1) is 14.2 Å². The molecule has 1 unspecified atom stereocenters. The third-order valence-corrected chi connectivity index (χ3v) is 5.04. The first-order valence-electron chi connectivity index (χ1n) is 7.91. The average molecular weight is 290 g/mol. The topological polar surface area (TPSA) is 33.7 Å². The fraction of sp³-hybridized carbons (Fsp3) is 0.647. The molecule has 0 aromatic heterocycles. The van der Waals surface area contributed by atoms with E-state index in [0.717, 1.165) is 24.6 Å². The molecule has 3 rings (SSSR count). The summed E-state index contributed by atoms with van der Waals surface area (Å²) in [7, 11) is 3.37. The Kier molecular flexibility index (Phi) is 3.98. The van der Waals surface area contributed by atoms with Crippen molar-refractivity contribution in [1.29, 1.82) is 0 Å². The first kappa shape index (κ1) is 14.5. The molecule has 2 fully saturated rings. The number of hydrogen-bond acceptors (Lipinski definition) is 4. The summed E-state index contributed by atoms with van der Waals surface area (Å²) in [5, 5.41) is 3.80. The highest BCUT2D eigenvalue weighted by Gasteiger charge is 2.40. The molecule has 0 amide bonds. The van der Waals surface area contributed by atoms with Gasteiger partial charge in [-0.3, -0.25) is 0 Å². The number of nitrogens with one attached hydrogen (secondary N) is 1. The van der Waals surface area contributed by atoms with Crippen LogP contribution in [0.2, 0.25) is 0 Å². The van der Waals surface area contributed by atoms with E-state index in [4.69, 9.17) is 9.47 Å². The lowest BCUT2D eigenvalue weighted by Gasteiger charge is -2.46. The fourth-order valence-electron chi connectivity index (χ4n) is 3.75. The largest absolute Gasteiger partial charge is 0.493 e. The molecule has 1 heterocycles. The van der Waals surface area contributed by atoms with Crippen molar-refractivity contribution in [2.24, 2.45) is 0 Å². The van der Waals surface area contributed by atoms with Crippen LogP contribution in [0.25, 0.3) is 0 Å². The zero-order valence-corrected chi connectivity index (χ0v) is 13.3. The predicted octanol–water partition coefficient (Wildman–Crippen LogP) is 2.81. The minimum absolute atomic E-state index is 0.319. The van der Waals surface area contributed by atoms with Gasteiger partial charge >= 0.3 is 0 Å². The Morgan fingerprint density at radius 1 is 1.14 bits per heavy atom. The van der Waals surface area contributed by atoms with Gasteiger partial charge in [0.2, 0.25) is 0 Å². The summed E-state index contributed by atoms with van der Waals surface area (Å²) in [6.45, 7) is 4.42. The van der Waals surface area contributed by atoms with Gasteiger partial charge in [0.1, 0.15) is 0 Å². The highest BCUT2D eigenvalue weighted by molar-refractivity contribution is 5.57. The molecule has 4 heteroatoms. The number of benzene rings is 1. The van der Waals surface area contributed by atoms with E-state index in [0.29, 0.717) is 11.6 Å². The highest BCUT2D eigenvalue weighted by Crippen LogP contribution is 2.37. The Morgan fingerprint density at radius 2 is 1.86 bits per heavy atom. The minimum Gasteiger partial charge on any atom is -0.493 e. The standard InChI is InChI=1S/C17H26N2O2/c1-13-11-18-17(8-4-5-9-17)12-19(13)14-6-7-15(20-2)16(10-14)21-3/h6-7,10,13,18H,4-5,8-9,11-12H2,1-3H3. The monoisotopic (exact) mass is 290 g/mol. The van der Waals surface area contributed by atoms with Crippen molar-refractivity contribution in [1.82, 2.24) is 5.32 Å². The maximum absolute atomic E-state index is 5.45. The van der Waals surface area contributed by atoms with E-state index in [-0.39, 0.29) is 0 Å². The van der Waals surface area contributed by atoms with Crippen molar-refractivity contribution in [3.05, 3.63) is 18.2 Å². The molecule has 116 valence electrons. The number of anilines is 1. The van der Waals surface area contributed by atoms with Crippen LogP contribution >= 0.6 is 0 Å². The Morgan fingerprint density at radius 3 is 2.52 bits per heavy atom. The number of hydrogen-bond donors (Lipinski definition) is 1. The second-order valence-electron chi connectivity index (χ2n) is 6.38. The lowest BCUT2D eigenvalue weighted by Crippen LogP contribution is -2.62. The van der Waals surface area contributed by atoms with Gasteiger partial charge in [-0.1, -0.05) is 12.8 Å². The predicted molar refractivity (Wildman–Crippen MR) is 85.6 cm³/mol. The molecule has 1 aromatic carbocycles. The van der Waals surface area contributed by atoms with Crippen LogP contribution in [0.15, 0.2) is 18.2 Å². The lowest BCUT2D eigenvalue weighted by atomic mass is 9.92. The third-order valence-electron chi connectivity index (χ3n) is 5.04. The van der Waals surface area contributed by atoms with Crippen molar-refractivity contribution in [2.75, 3.05) is 32.2 Å². The molecular weight excluding hydrogens is 264 g/mol. The molecule has 0 bridgehead atoms. The van der Waals surface area contributed by atoms with E-state index in [1.165, 1.54) is 31.4 Å². The summed E-state index contributed by atoms with van der Waals surface area (Å²) >= 11 is 0. The molecule has 2 aliphatic rings. The van der Waals surface area contributed by atoms with Gasteiger partial charge in [-0.15, -0.1) is 0 Å². The van der Waals surface area contributed by atoms with Crippen LogP contribution in [-0.4, -0.2) is 38.9 Å². The summed E-state index contributed by atoms with van der Waals surface area (Å²) < 4.78 is 10.8. The summed E-state index contributed by atoms with van der Waals surface area (Å²) in [6, 6.07) is 6.74. The van der Waals surface area contributed by atoms with Gasteiger partial charge in [-0.25, -0.2) is 0 Å². The van der Waals surface area contributed by atoms with Gasteiger partial charge < -0.3 is 19.7 Å². The molecule has 1 atom stereocenters. The van der Waals surface area contributed by atoms with Crippen molar-refractivity contribution >= 4 is 5.69 Å². The Hall–Kier alpha value is -1.42. The minimum atomic E-state index is 0.319. The van der Waals surface area contributed by atoms with E-state index in [1.54, 1.807) is 14.2 Å². The van der Waals surface area contributed by atoms with Gasteiger partial charge in [-0.2, -0.15) is 0 Å². The molecule has 1 aromatic rings. The normalized spacial score (nSPS) is 24.3. The molecule has 4 nitrogen and oxygen atoms in total. The fourth-order valence-corrected chi connectivity index (χ4v) is 3.75. The van der Waals surface area contributed by atoms with E-state index in [9.17, 15) is 0 Å². The molecule has 1 saturated carbocycles.